The summed E-state index contributed by atoms with van der Waals surface area (Å²) in [6, 6.07) is 16.5. The molecule has 2 unspecified atom stereocenters. The molecular formula is C20H20O3. The van der Waals surface area contributed by atoms with Crippen LogP contribution < -0.4 is 0 Å². The highest BCUT2D eigenvalue weighted by molar-refractivity contribution is 5.76. The van der Waals surface area contributed by atoms with Crippen LogP contribution in [0.4, 0.5) is 0 Å². The Kier molecular flexibility index (Phi) is 4.58. The summed E-state index contributed by atoms with van der Waals surface area (Å²) < 4.78 is 5.25. The quantitative estimate of drug-likeness (QED) is 0.879. The molecule has 0 spiro atoms. The third-order valence-electron chi connectivity index (χ3n) is 4.00. The van der Waals surface area contributed by atoms with E-state index in [2.05, 4.69) is 37.3 Å². The number of esters is 1. The van der Waals surface area contributed by atoms with Gasteiger partial charge in [0.25, 0.3) is 0 Å². The lowest BCUT2D eigenvalue weighted by Crippen LogP contribution is -2.31. The summed E-state index contributed by atoms with van der Waals surface area (Å²) in [5.74, 6) is -0.342. The lowest BCUT2D eigenvalue weighted by atomic mass is 9.97. The fourth-order valence-electron chi connectivity index (χ4n) is 2.78. The zero-order valence-electron chi connectivity index (χ0n) is 13.1. The number of cyclic esters (lactones) is 1. The fourth-order valence-corrected chi connectivity index (χ4v) is 2.78. The van der Waals surface area contributed by atoms with E-state index in [1.165, 1.54) is 5.56 Å². The second-order valence-corrected chi connectivity index (χ2v) is 5.93. The van der Waals surface area contributed by atoms with Crippen LogP contribution in [0.1, 0.15) is 24.0 Å². The van der Waals surface area contributed by atoms with Gasteiger partial charge in [-0.2, -0.15) is 0 Å². The first-order valence-corrected chi connectivity index (χ1v) is 7.83. The molecule has 1 aliphatic rings. The van der Waals surface area contributed by atoms with Gasteiger partial charge in [-0.1, -0.05) is 60.2 Å². The van der Waals surface area contributed by atoms with E-state index in [-0.39, 0.29) is 18.5 Å². The average molecular weight is 308 g/mol. The highest BCUT2D eigenvalue weighted by atomic mass is 16.5. The highest BCUT2D eigenvalue weighted by Crippen LogP contribution is 2.26. The topological polar surface area (TPSA) is 46.5 Å². The van der Waals surface area contributed by atoms with E-state index >= 15 is 0 Å². The maximum atomic E-state index is 11.4. The molecule has 1 N–H and O–H groups in total. The maximum Gasteiger partial charge on any atom is 0.309 e. The van der Waals surface area contributed by atoms with E-state index in [1.54, 1.807) is 0 Å². The van der Waals surface area contributed by atoms with Gasteiger partial charge in [0.1, 0.15) is 6.10 Å². The second kappa shape index (κ2) is 6.80. The molecule has 0 amide bonds. The third kappa shape index (κ3) is 3.88. The van der Waals surface area contributed by atoms with Crippen molar-refractivity contribution in [1.82, 2.24) is 0 Å². The molecule has 118 valence electrons. The van der Waals surface area contributed by atoms with Gasteiger partial charge < -0.3 is 9.84 Å². The Morgan fingerprint density at radius 1 is 1.13 bits per heavy atom. The number of carbonyl (C=O) groups is 1. The molecule has 0 aliphatic carbocycles. The summed E-state index contributed by atoms with van der Waals surface area (Å²) in [6.45, 7) is 2.07. The van der Waals surface area contributed by atoms with Crippen LogP contribution in [0.25, 0.3) is 17.2 Å². The minimum Gasteiger partial charge on any atom is -0.458 e. The summed E-state index contributed by atoms with van der Waals surface area (Å²) >= 11 is 0. The number of aliphatic hydroxyl groups is 1. The fraction of sp³-hybridized carbons (Fsp3) is 0.250. The van der Waals surface area contributed by atoms with Crippen molar-refractivity contribution in [3.05, 3.63) is 65.7 Å². The Labute approximate surface area is 136 Å². The molecule has 1 heterocycles. The summed E-state index contributed by atoms with van der Waals surface area (Å²) in [4.78, 5) is 11.4. The van der Waals surface area contributed by atoms with Crippen LogP contribution in [0.3, 0.4) is 0 Å². The average Bonchev–Trinajstić information content (AvgIpc) is 2.53. The van der Waals surface area contributed by atoms with Crippen LogP contribution in [-0.4, -0.2) is 23.3 Å². The number of carbonyl (C=O) groups excluding carboxylic acids is 1. The maximum absolute atomic E-state index is 11.4. The monoisotopic (exact) mass is 308 g/mol. The van der Waals surface area contributed by atoms with E-state index < -0.39 is 6.10 Å². The minimum atomic E-state index is -0.613. The van der Waals surface area contributed by atoms with Crippen molar-refractivity contribution in [3.8, 4) is 11.1 Å². The summed E-state index contributed by atoms with van der Waals surface area (Å²) in [7, 11) is 0. The van der Waals surface area contributed by atoms with Gasteiger partial charge in [0.15, 0.2) is 0 Å². The largest absolute Gasteiger partial charge is 0.458 e. The van der Waals surface area contributed by atoms with Crippen LogP contribution >= 0.6 is 0 Å². The van der Waals surface area contributed by atoms with E-state index in [4.69, 9.17) is 4.74 Å². The lowest BCUT2D eigenvalue weighted by Gasteiger charge is -2.23. The van der Waals surface area contributed by atoms with Gasteiger partial charge in [0, 0.05) is 6.42 Å². The van der Waals surface area contributed by atoms with Crippen molar-refractivity contribution in [2.45, 2.75) is 32.0 Å². The minimum absolute atomic E-state index is 0.0876. The first-order valence-electron chi connectivity index (χ1n) is 7.83. The van der Waals surface area contributed by atoms with Crippen molar-refractivity contribution in [3.63, 3.8) is 0 Å². The van der Waals surface area contributed by atoms with Crippen LogP contribution in [0, 0.1) is 6.92 Å². The van der Waals surface area contributed by atoms with Gasteiger partial charge in [-0.25, -0.2) is 0 Å². The molecule has 0 bridgehead atoms. The molecule has 0 saturated carbocycles. The number of aliphatic hydroxyl groups excluding tert-OH is 1. The highest BCUT2D eigenvalue weighted by Gasteiger charge is 2.25. The molecule has 2 atom stereocenters. The third-order valence-corrected chi connectivity index (χ3v) is 4.00. The summed E-state index contributed by atoms with van der Waals surface area (Å²) in [6.07, 6.45) is 3.38. The molecule has 1 aliphatic heterocycles. The van der Waals surface area contributed by atoms with Gasteiger partial charge in [-0.05, 0) is 29.7 Å². The standard InChI is InChI=1S/C20H20O3/c1-14-6-8-16(9-7-14)19-5-3-2-4-15(19)10-11-18-12-17(21)13-20(22)23-18/h2-11,17-18,21H,12-13H2,1H3. The van der Waals surface area contributed by atoms with Crippen LogP contribution in [-0.2, 0) is 9.53 Å². The van der Waals surface area contributed by atoms with Crippen molar-refractivity contribution in [2.24, 2.45) is 0 Å². The summed E-state index contributed by atoms with van der Waals surface area (Å²) in [5, 5.41) is 9.67. The van der Waals surface area contributed by atoms with E-state index in [0.29, 0.717) is 6.42 Å². The Balaban J connectivity index is 1.84. The number of hydrogen-bond donors (Lipinski definition) is 1. The van der Waals surface area contributed by atoms with Crippen molar-refractivity contribution < 1.29 is 14.6 Å². The van der Waals surface area contributed by atoms with E-state index in [1.807, 2.05) is 30.4 Å². The van der Waals surface area contributed by atoms with Gasteiger partial charge in [0.05, 0.1) is 12.5 Å². The van der Waals surface area contributed by atoms with Crippen LogP contribution in [0.5, 0.6) is 0 Å². The Morgan fingerprint density at radius 3 is 2.61 bits per heavy atom. The Bertz CT molecular complexity index is 716. The number of hydrogen-bond acceptors (Lipinski definition) is 3. The smallest absolute Gasteiger partial charge is 0.309 e. The SMILES string of the molecule is Cc1ccc(-c2ccccc2C=CC2CC(O)CC(=O)O2)cc1. The van der Waals surface area contributed by atoms with Crippen LogP contribution in [0.15, 0.2) is 54.6 Å². The molecule has 23 heavy (non-hydrogen) atoms. The number of aryl methyl sites for hydroxylation is 1. The number of benzene rings is 2. The predicted octanol–water partition coefficient (Wildman–Crippen LogP) is 3.74. The zero-order valence-corrected chi connectivity index (χ0v) is 13.1. The Hall–Kier alpha value is -2.39. The van der Waals surface area contributed by atoms with Gasteiger partial charge in [0.2, 0.25) is 0 Å². The second-order valence-electron chi connectivity index (χ2n) is 5.93. The molecule has 2 aromatic carbocycles. The Morgan fingerprint density at radius 2 is 1.87 bits per heavy atom. The molecule has 3 nitrogen and oxygen atoms in total. The first kappa shape index (κ1) is 15.5. The molecule has 3 heteroatoms. The summed E-state index contributed by atoms with van der Waals surface area (Å²) in [5.41, 5.74) is 4.57. The van der Waals surface area contributed by atoms with Crippen molar-refractivity contribution in [1.29, 1.82) is 0 Å². The van der Waals surface area contributed by atoms with Crippen LogP contribution in [0.2, 0.25) is 0 Å². The molecule has 3 rings (SSSR count). The molecule has 1 fully saturated rings. The van der Waals surface area contributed by atoms with Gasteiger partial charge >= 0.3 is 5.97 Å². The lowest BCUT2D eigenvalue weighted by molar-refractivity contribution is -0.156. The van der Waals surface area contributed by atoms with E-state index in [9.17, 15) is 9.90 Å². The van der Waals surface area contributed by atoms with E-state index in [0.717, 1.165) is 16.7 Å². The van der Waals surface area contributed by atoms with Gasteiger partial charge in [-0.3, -0.25) is 4.79 Å². The molecular weight excluding hydrogens is 288 g/mol. The number of rotatable bonds is 3. The van der Waals surface area contributed by atoms with Gasteiger partial charge in [-0.15, -0.1) is 0 Å². The molecule has 1 saturated heterocycles. The zero-order chi connectivity index (χ0) is 16.2. The molecule has 2 aromatic rings. The van der Waals surface area contributed by atoms with Crippen molar-refractivity contribution >= 4 is 12.0 Å². The number of ether oxygens (including phenoxy) is 1. The normalized spacial score (nSPS) is 21.4. The molecule has 0 aromatic heterocycles. The first-order chi connectivity index (χ1) is 11.1. The van der Waals surface area contributed by atoms with Crippen molar-refractivity contribution in [2.75, 3.05) is 0 Å². The predicted molar refractivity (Wildman–Crippen MR) is 90.8 cm³/mol. The molecule has 0 radical (unpaired) electrons.